The molecule has 0 N–H and O–H groups in total. The zero-order chi connectivity index (χ0) is 14.3. The Labute approximate surface area is 125 Å². The first-order valence-corrected chi connectivity index (χ1v) is 7.54. The molecule has 4 nitrogen and oxygen atoms in total. The smallest absolute Gasteiger partial charge is 0.314 e. The highest BCUT2D eigenvalue weighted by atomic mass is 79.9. The fourth-order valence-electron chi connectivity index (χ4n) is 3.33. The van der Waals surface area contributed by atoms with E-state index in [1.165, 1.54) is 0 Å². The minimum Gasteiger partial charge on any atom is -0.466 e. The number of halogens is 1. The molecule has 2 aliphatic rings. The second-order valence-corrected chi connectivity index (χ2v) is 6.07. The van der Waals surface area contributed by atoms with E-state index in [2.05, 4.69) is 15.9 Å². The molecule has 1 heterocycles. The van der Waals surface area contributed by atoms with E-state index >= 15 is 0 Å². The molecule has 3 atom stereocenters. The fraction of sp³-hybridized carbons (Fsp3) is 0.467. The van der Waals surface area contributed by atoms with Crippen LogP contribution in [0.25, 0.3) is 0 Å². The third-order valence-electron chi connectivity index (χ3n) is 4.20. The number of benzene rings is 1. The zero-order valence-corrected chi connectivity index (χ0v) is 12.7. The van der Waals surface area contributed by atoms with Gasteiger partial charge in [-0.3, -0.25) is 9.59 Å². The van der Waals surface area contributed by atoms with Gasteiger partial charge in [0.05, 0.1) is 6.61 Å². The Morgan fingerprint density at radius 1 is 1.40 bits per heavy atom. The van der Waals surface area contributed by atoms with Crippen LogP contribution >= 0.6 is 15.9 Å². The van der Waals surface area contributed by atoms with Crippen LogP contribution in [0.3, 0.4) is 0 Å². The van der Waals surface area contributed by atoms with Crippen molar-refractivity contribution in [1.82, 2.24) is 0 Å². The highest BCUT2D eigenvalue weighted by molar-refractivity contribution is 9.10. The van der Waals surface area contributed by atoms with Crippen molar-refractivity contribution in [3.05, 3.63) is 34.3 Å². The van der Waals surface area contributed by atoms with E-state index < -0.39 is 11.5 Å². The predicted molar refractivity (Wildman–Crippen MR) is 74.8 cm³/mol. The number of carbonyl (C=O) groups is 2. The number of esters is 2. The minimum atomic E-state index is -0.815. The number of rotatable bonds is 3. The number of hydrogen-bond donors (Lipinski definition) is 0. The summed E-state index contributed by atoms with van der Waals surface area (Å²) in [6, 6.07) is 7.60. The normalized spacial score (nSPS) is 31.2. The lowest BCUT2D eigenvalue weighted by Crippen LogP contribution is -2.56. The predicted octanol–water partition coefficient (Wildman–Crippen LogP) is 2.79. The molecule has 106 valence electrons. The van der Waals surface area contributed by atoms with E-state index in [9.17, 15) is 9.59 Å². The topological polar surface area (TPSA) is 52.6 Å². The van der Waals surface area contributed by atoms with E-state index in [1.54, 1.807) is 6.92 Å². The maximum absolute atomic E-state index is 12.2. The van der Waals surface area contributed by atoms with Crippen molar-refractivity contribution in [2.45, 2.75) is 25.4 Å². The Balaban J connectivity index is 1.99. The van der Waals surface area contributed by atoms with Crippen LogP contribution in [0.15, 0.2) is 28.7 Å². The van der Waals surface area contributed by atoms with Crippen molar-refractivity contribution in [1.29, 1.82) is 0 Å². The summed E-state index contributed by atoms with van der Waals surface area (Å²) in [5.74, 6) is -1.10. The van der Waals surface area contributed by atoms with Crippen LogP contribution < -0.4 is 0 Å². The Morgan fingerprint density at radius 3 is 2.70 bits per heavy atom. The van der Waals surface area contributed by atoms with Crippen LogP contribution in [0.2, 0.25) is 0 Å². The maximum atomic E-state index is 12.2. The molecule has 1 saturated heterocycles. The van der Waals surface area contributed by atoms with Gasteiger partial charge in [-0.25, -0.2) is 0 Å². The summed E-state index contributed by atoms with van der Waals surface area (Å²) in [6.07, 6.45) is 1.31. The first-order valence-electron chi connectivity index (χ1n) is 6.75. The fourth-order valence-corrected chi connectivity index (χ4v) is 3.59. The Bertz CT molecular complexity index is 553. The number of ether oxygens (including phenoxy) is 2. The van der Waals surface area contributed by atoms with Crippen LogP contribution in [-0.4, -0.2) is 18.5 Å². The van der Waals surface area contributed by atoms with Crippen molar-refractivity contribution in [2.75, 3.05) is 6.61 Å². The molecule has 0 unspecified atom stereocenters. The lowest BCUT2D eigenvalue weighted by Gasteiger charge is -2.46. The lowest BCUT2D eigenvalue weighted by atomic mass is 9.74. The van der Waals surface area contributed by atoms with E-state index in [0.717, 1.165) is 10.0 Å². The summed E-state index contributed by atoms with van der Waals surface area (Å²) in [5.41, 5.74) is 0.0604. The van der Waals surface area contributed by atoms with Crippen LogP contribution in [-0.2, 0) is 24.7 Å². The lowest BCUT2D eigenvalue weighted by molar-refractivity contribution is -0.221. The highest BCUT2D eigenvalue weighted by Gasteiger charge is 2.67. The summed E-state index contributed by atoms with van der Waals surface area (Å²) in [5, 5.41) is 0. The minimum absolute atomic E-state index is 0.209. The molecule has 20 heavy (non-hydrogen) atoms. The van der Waals surface area contributed by atoms with E-state index in [0.29, 0.717) is 19.4 Å². The van der Waals surface area contributed by atoms with Crippen molar-refractivity contribution in [3.8, 4) is 0 Å². The van der Waals surface area contributed by atoms with Gasteiger partial charge in [0.2, 0.25) is 0 Å². The number of carbonyl (C=O) groups excluding carboxylic acids is 2. The van der Waals surface area contributed by atoms with Crippen LogP contribution in [0.4, 0.5) is 0 Å². The molecule has 1 aliphatic heterocycles. The average molecular weight is 339 g/mol. The largest absolute Gasteiger partial charge is 0.466 e. The van der Waals surface area contributed by atoms with Gasteiger partial charge in [0.25, 0.3) is 0 Å². The quantitative estimate of drug-likeness (QED) is 0.795. The third kappa shape index (κ3) is 1.79. The Hall–Kier alpha value is -1.36. The molecular formula is C15H15BrO4. The third-order valence-corrected chi connectivity index (χ3v) is 4.73. The molecular weight excluding hydrogens is 324 g/mol. The van der Waals surface area contributed by atoms with E-state index in [1.807, 2.05) is 24.3 Å². The second-order valence-electron chi connectivity index (χ2n) is 5.16. The van der Waals surface area contributed by atoms with Gasteiger partial charge in [0.15, 0.2) is 5.60 Å². The first-order chi connectivity index (χ1) is 9.59. The SMILES string of the molecule is CCOC(=O)[C@@H]1CC[C@H]2C(=O)O[C@@]12c1ccc(Br)cc1. The molecule has 1 aromatic carbocycles. The molecule has 0 radical (unpaired) electrons. The van der Waals surface area contributed by atoms with Crippen LogP contribution in [0, 0.1) is 11.8 Å². The van der Waals surface area contributed by atoms with Crippen molar-refractivity contribution in [3.63, 3.8) is 0 Å². The van der Waals surface area contributed by atoms with Gasteiger partial charge in [-0.2, -0.15) is 0 Å². The standard InChI is InChI=1S/C15H15BrO4/c1-2-19-13(17)11-7-8-12-14(18)20-15(11,12)9-3-5-10(16)6-4-9/h3-6,11-12H,2,7-8H2,1H3/t11-,12-,15-/m0/s1. The second kappa shape index (κ2) is 4.88. The summed E-state index contributed by atoms with van der Waals surface area (Å²) in [7, 11) is 0. The van der Waals surface area contributed by atoms with Gasteiger partial charge < -0.3 is 9.47 Å². The molecule has 0 bridgehead atoms. The monoisotopic (exact) mass is 338 g/mol. The summed E-state index contributed by atoms with van der Waals surface area (Å²) < 4.78 is 11.6. The van der Waals surface area contributed by atoms with Crippen molar-refractivity contribution in [2.24, 2.45) is 11.8 Å². The van der Waals surface area contributed by atoms with Gasteiger partial charge in [-0.15, -0.1) is 0 Å². The van der Waals surface area contributed by atoms with E-state index in [-0.39, 0.29) is 17.9 Å². The zero-order valence-electron chi connectivity index (χ0n) is 11.1. The number of fused-ring (bicyclic) bond motifs is 1. The molecule has 0 spiro atoms. The molecule has 3 rings (SSSR count). The van der Waals surface area contributed by atoms with Gasteiger partial charge in [-0.05, 0) is 37.5 Å². The molecule has 1 aliphatic carbocycles. The Morgan fingerprint density at radius 2 is 2.10 bits per heavy atom. The molecule has 5 heteroatoms. The molecule has 2 fully saturated rings. The van der Waals surface area contributed by atoms with Gasteiger partial charge >= 0.3 is 11.9 Å². The van der Waals surface area contributed by atoms with Crippen LogP contribution in [0.5, 0.6) is 0 Å². The first kappa shape index (κ1) is 13.6. The maximum Gasteiger partial charge on any atom is 0.314 e. The van der Waals surface area contributed by atoms with Gasteiger partial charge in [0.1, 0.15) is 11.8 Å². The average Bonchev–Trinajstić information content (AvgIpc) is 2.73. The molecule has 1 saturated carbocycles. The molecule has 0 aromatic heterocycles. The summed E-state index contributed by atoms with van der Waals surface area (Å²) in [4.78, 5) is 23.9. The van der Waals surface area contributed by atoms with Gasteiger partial charge in [-0.1, -0.05) is 28.1 Å². The Kier molecular flexibility index (Phi) is 3.32. The van der Waals surface area contributed by atoms with Gasteiger partial charge in [0, 0.05) is 4.47 Å². The van der Waals surface area contributed by atoms with Crippen LogP contribution in [0.1, 0.15) is 25.3 Å². The van der Waals surface area contributed by atoms with Crippen molar-refractivity contribution >= 4 is 27.9 Å². The highest BCUT2D eigenvalue weighted by Crippen LogP contribution is 2.58. The van der Waals surface area contributed by atoms with E-state index in [4.69, 9.17) is 9.47 Å². The van der Waals surface area contributed by atoms with Crippen molar-refractivity contribution < 1.29 is 19.1 Å². The molecule has 1 aromatic rings. The summed E-state index contributed by atoms with van der Waals surface area (Å²) >= 11 is 3.39. The number of hydrogen-bond acceptors (Lipinski definition) is 4. The summed E-state index contributed by atoms with van der Waals surface area (Å²) in [6.45, 7) is 2.12. The molecule has 0 amide bonds.